The monoisotopic (exact) mass is 385 g/mol. The van der Waals surface area contributed by atoms with Gasteiger partial charge in [0.2, 0.25) is 21.2 Å². The fourth-order valence-corrected chi connectivity index (χ4v) is 4.20. The Bertz CT molecular complexity index is 773. The molecule has 1 aromatic rings. The van der Waals surface area contributed by atoms with E-state index in [1.165, 1.54) is 10.6 Å². The Labute approximate surface area is 152 Å². The van der Waals surface area contributed by atoms with Crippen LogP contribution in [0.3, 0.4) is 0 Å². The number of hydrogen-bond acceptors (Lipinski definition) is 5. The smallest absolute Gasteiger partial charge is 0.227 e. The molecule has 7 nitrogen and oxygen atoms in total. The van der Waals surface area contributed by atoms with Gasteiger partial charge in [0, 0.05) is 50.5 Å². The van der Waals surface area contributed by atoms with Crippen LogP contribution in [0, 0.1) is 5.92 Å². The number of carbonyl (C=O) groups excluding carboxylic acids is 2. The highest BCUT2D eigenvalue weighted by Crippen LogP contribution is 2.28. The zero-order valence-electron chi connectivity index (χ0n) is 13.9. The summed E-state index contributed by atoms with van der Waals surface area (Å²) in [5.74, 6) is -0.550. The van der Waals surface area contributed by atoms with Crippen molar-refractivity contribution in [3.8, 4) is 0 Å². The van der Waals surface area contributed by atoms with Crippen molar-refractivity contribution in [2.75, 3.05) is 48.8 Å². The third kappa shape index (κ3) is 3.96. The lowest BCUT2D eigenvalue weighted by molar-refractivity contribution is -0.120. The molecule has 3 rings (SSSR count). The second-order valence-corrected chi connectivity index (χ2v) is 8.73. The van der Waals surface area contributed by atoms with Crippen LogP contribution in [-0.4, -0.2) is 62.9 Å². The first-order valence-electron chi connectivity index (χ1n) is 8.05. The van der Waals surface area contributed by atoms with E-state index in [0.717, 1.165) is 11.4 Å². The summed E-state index contributed by atoms with van der Waals surface area (Å²) in [5, 5.41) is -0.476. The molecule has 9 heteroatoms. The van der Waals surface area contributed by atoms with Gasteiger partial charge in [-0.3, -0.25) is 9.59 Å². The Morgan fingerprint density at radius 3 is 2.12 bits per heavy atom. The summed E-state index contributed by atoms with van der Waals surface area (Å²) >= 11 is 5.50. The number of anilines is 2. The minimum Gasteiger partial charge on any atom is -0.369 e. The van der Waals surface area contributed by atoms with Crippen LogP contribution in [0.15, 0.2) is 24.3 Å². The van der Waals surface area contributed by atoms with Gasteiger partial charge in [-0.25, -0.2) is 8.42 Å². The van der Waals surface area contributed by atoms with E-state index in [2.05, 4.69) is 4.90 Å². The van der Waals surface area contributed by atoms with Gasteiger partial charge >= 0.3 is 0 Å². The zero-order valence-corrected chi connectivity index (χ0v) is 15.5. The lowest BCUT2D eigenvalue weighted by Gasteiger charge is -2.34. The van der Waals surface area contributed by atoms with Crippen LogP contribution >= 0.6 is 11.6 Å². The van der Waals surface area contributed by atoms with Crippen LogP contribution in [-0.2, 0) is 19.6 Å². The van der Waals surface area contributed by atoms with Crippen LogP contribution in [0.1, 0.15) is 6.42 Å². The molecule has 0 N–H and O–H groups in total. The van der Waals surface area contributed by atoms with Crippen LogP contribution in [0.4, 0.5) is 11.4 Å². The molecule has 0 aromatic heterocycles. The maximum atomic E-state index is 12.0. The number of amides is 1. The van der Waals surface area contributed by atoms with E-state index in [4.69, 9.17) is 11.6 Å². The predicted octanol–water partition coefficient (Wildman–Crippen LogP) is 0.886. The van der Waals surface area contributed by atoms with Gasteiger partial charge in [0.05, 0.1) is 12.2 Å². The Kier molecular flexibility index (Phi) is 5.04. The molecular formula is C16H20ClN3O4S. The quantitative estimate of drug-likeness (QED) is 0.719. The van der Waals surface area contributed by atoms with Gasteiger partial charge in [-0.05, 0) is 35.9 Å². The first-order valence-corrected chi connectivity index (χ1v) is 10.3. The Hall–Kier alpha value is -1.64. The molecule has 1 atom stereocenters. The first kappa shape index (κ1) is 18.2. The van der Waals surface area contributed by atoms with Gasteiger partial charge in [-0.15, -0.1) is 0 Å². The van der Waals surface area contributed by atoms with Crippen molar-refractivity contribution in [3.63, 3.8) is 0 Å². The minimum atomic E-state index is -3.14. The van der Waals surface area contributed by atoms with Gasteiger partial charge in [0.1, 0.15) is 0 Å². The van der Waals surface area contributed by atoms with E-state index in [0.29, 0.717) is 32.7 Å². The molecule has 1 aromatic carbocycles. The maximum absolute atomic E-state index is 12.0. The topological polar surface area (TPSA) is 78.0 Å². The number of hydrogen-bond donors (Lipinski definition) is 0. The molecule has 0 bridgehead atoms. The highest BCUT2D eigenvalue weighted by atomic mass is 35.5. The molecule has 0 aliphatic carbocycles. The molecule has 2 heterocycles. The number of carbonyl (C=O) groups is 2. The molecule has 0 spiro atoms. The Morgan fingerprint density at radius 2 is 1.64 bits per heavy atom. The SMILES string of the molecule is CS(=O)(=O)N1CCN(c2ccc(N3C[C@H](C(=O)Cl)CC3=O)cc2)CC1. The van der Waals surface area contributed by atoms with E-state index in [-0.39, 0.29) is 12.3 Å². The number of sulfonamides is 1. The third-order valence-electron chi connectivity index (χ3n) is 4.68. The molecule has 2 aliphatic heterocycles. The van der Waals surface area contributed by atoms with E-state index in [1.807, 2.05) is 24.3 Å². The average molecular weight is 386 g/mol. The number of piperazine rings is 1. The fourth-order valence-electron chi connectivity index (χ4n) is 3.23. The van der Waals surface area contributed by atoms with Crippen LogP contribution in [0.5, 0.6) is 0 Å². The predicted molar refractivity (Wildman–Crippen MR) is 96.4 cm³/mol. The number of benzene rings is 1. The summed E-state index contributed by atoms with van der Waals surface area (Å²) in [6.45, 7) is 2.48. The van der Waals surface area contributed by atoms with Crippen molar-refractivity contribution in [2.45, 2.75) is 6.42 Å². The molecule has 2 fully saturated rings. The summed E-state index contributed by atoms with van der Waals surface area (Å²) in [6, 6.07) is 7.51. The van der Waals surface area contributed by atoms with Crippen molar-refractivity contribution < 1.29 is 18.0 Å². The molecule has 0 saturated carbocycles. The minimum absolute atomic E-state index is 0.103. The molecule has 2 aliphatic rings. The van der Waals surface area contributed by atoms with Crippen LogP contribution in [0.25, 0.3) is 0 Å². The molecule has 0 unspecified atom stereocenters. The van der Waals surface area contributed by atoms with Crippen LogP contribution < -0.4 is 9.80 Å². The number of halogens is 1. The zero-order chi connectivity index (χ0) is 18.2. The van der Waals surface area contributed by atoms with E-state index >= 15 is 0 Å². The normalized spacial score (nSPS) is 22.5. The highest BCUT2D eigenvalue weighted by Gasteiger charge is 2.34. The van der Waals surface area contributed by atoms with E-state index in [9.17, 15) is 18.0 Å². The second-order valence-electron chi connectivity index (χ2n) is 6.37. The lowest BCUT2D eigenvalue weighted by Crippen LogP contribution is -2.48. The first-order chi connectivity index (χ1) is 11.8. The van der Waals surface area contributed by atoms with Gasteiger partial charge in [0.15, 0.2) is 0 Å². The maximum Gasteiger partial charge on any atom is 0.227 e. The fraction of sp³-hybridized carbons (Fsp3) is 0.500. The molecule has 2 saturated heterocycles. The summed E-state index contributed by atoms with van der Waals surface area (Å²) in [7, 11) is -3.14. The van der Waals surface area contributed by atoms with Crippen molar-refractivity contribution in [3.05, 3.63) is 24.3 Å². The van der Waals surface area contributed by atoms with Crippen molar-refractivity contribution in [2.24, 2.45) is 5.92 Å². The van der Waals surface area contributed by atoms with Crippen molar-refractivity contribution in [1.29, 1.82) is 0 Å². The summed E-state index contributed by atoms with van der Waals surface area (Å²) in [5.41, 5.74) is 1.72. The molecule has 25 heavy (non-hydrogen) atoms. The summed E-state index contributed by atoms with van der Waals surface area (Å²) in [4.78, 5) is 27.0. The average Bonchev–Trinajstić information content (AvgIpc) is 2.96. The van der Waals surface area contributed by atoms with Gasteiger partial charge in [-0.1, -0.05) is 0 Å². The van der Waals surface area contributed by atoms with E-state index in [1.54, 1.807) is 4.90 Å². The largest absolute Gasteiger partial charge is 0.369 e. The Morgan fingerprint density at radius 1 is 1.08 bits per heavy atom. The van der Waals surface area contributed by atoms with Crippen molar-refractivity contribution >= 4 is 44.1 Å². The molecule has 136 valence electrons. The second kappa shape index (κ2) is 6.93. The van der Waals surface area contributed by atoms with E-state index < -0.39 is 21.2 Å². The third-order valence-corrected chi connectivity index (χ3v) is 6.29. The van der Waals surface area contributed by atoms with Crippen LogP contribution in [0.2, 0.25) is 0 Å². The molecular weight excluding hydrogens is 366 g/mol. The summed E-state index contributed by atoms with van der Waals surface area (Å²) < 4.78 is 24.6. The molecule has 0 radical (unpaired) electrons. The van der Waals surface area contributed by atoms with Gasteiger partial charge < -0.3 is 9.80 Å². The standard InChI is InChI=1S/C16H20ClN3O4S/c1-25(23,24)19-8-6-18(7-9-19)13-2-4-14(5-3-13)20-11-12(16(17)22)10-15(20)21/h2-5,12H,6-11H2,1H3/t12-/m1/s1. The molecule has 1 amide bonds. The van der Waals surface area contributed by atoms with Gasteiger partial charge in [0.25, 0.3) is 0 Å². The number of rotatable bonds is 4. The highest BCUT2D eigenvalue weighted by molar-refractivity contribution is 7.88. The summed E-state index contributed by atoms with van der Waals surface area (Å²) in [6.07, 6.45) is 1.38. The van der Waals surface area contributed by atoms with Gasteiger partial charge in [-0.2, -0.15) is 4.31 Å². The Balaban J connectivity index is 1.66. The lowest BCUT2D eigenvalue weighted by atomic mass is 10.1. The van der Waals surface area contributed by atoms with Crippen molar-refractivity contribution in [1.82, 2.24) is 4.31 Å². The number of nitrogens with zero attached hydrogens (tertiary/aromatic N) is 3.